The van der Waals surface area contributed by atoms with Crippen LogP contribution in [0.2, 0.25) is 0 Å². The van der Waals surface area contributed by atoms with Gasteiger partial charge in [0.1, 0.15) is 0 Å². The molecule has 0 heterocycles. The molecule has 1 saturated carbocycles. The van der Waals surface area contributed by atoms with Crippen LogP contribution in [0.4, 0.5) is 0 Å². The van der Waals surface area contributed by atoms with Gasteiger partial charge in [-0.1, -0.05) is 13.8 Å². The second-order valence-electron chi connectivity index (χ2n) is 2.81. The van der Waals surface area contributed by atoms with E-state index in [1.807, 2.05) is 0 Å². The molecule has 1 aliphatic rings. The first-order chi connectivity index (χ1) is 3.54. The Bertz CT molecular complexity index is 156. The maximum absolute atomic E-state index is 10.5. The molecule has 0 aromatic heterocycles. The quantitative estimate of drug-likeness (QED) is 0.429. The third-order valence-corrected chi connectivity index (χ3v) is 1.47. The lowest BCUT2D eigenvalue weighted by molar-refractivity contribution is -0.151. The van der Waals surface area contributed by atoms with Crippen molar-refractivity contribution >= 4 is 11.6 Å². The van der Waals surface area contributed by atoms with Gasteiger partial charge < -0.3 is 0 Å². The molecule has 0 aromatic carbocycles. The molecule has 0 aliphatic heterocycles. The van der Waals surface area contributed by atoms with Gasteiger partial charge in [0.25, 0.3) is 0 Å². The van der Waals surface area contributed by atoms with Crippen LogP contribution in [0.1, 0.15) is 20.3 Å². The zero-order valence-corrected chi connectivity index (χ0v) is 5.02. The van der Waals surface area contributed by atoms with E-state index in [0.717, 1.165) is 0 Å². The zero-order valence-electron chi connectivity index (χ0n) is 5.02. The second-order valence-corrected chi connectivity index (χ2v) is 2.81. The average Bonchev–Trinajstić information content (AvgIpc) is 1.65. The Morgan fingerprint density at radius 2 is 1.88 bits per heavy atom. The van der Waals surface area contributed by atoms with Crippen LogP contribution < -0.4 is 0 Å². The number of ketones is 2. The van der Waals surface area contributed by atoms with Gasteiger partial charge in [0.05, 0.1) is 0 Å². The normalized spacial score (nSPS) is 25.2. The van der Waals surface area contributed by atoms with Gasteiger partial charge in [-0.3, -0.25) is 9.59 Å². The lowest BCUT2D eigenvalue weighted by Crippen LogP contribution is -2.44. The number of Topliss-reactive ketones (excluding diaryl/α,β-unsaturated/α-hetero) is 2. The predicted molar refractivity (Wildman–Crippen MR) is 28.4 cm³/mol. The summed E-state index contributed by atoms with van der Waals surface area (Å²) in [4.78, 5) is 20.8. The number of hydrogen-bond acceptors (Lipinski definition) is 2. The number of carbonyl (C=O) groups is 2. The van der Waals surface area contributed by atoms with E-state index in [9.17, 15) is 9.59 Å². The Labute approximate surface area is 47.9 Å². The Hall–Kier alpha value is -0.660. The van der Waals surface area contributed by atoms with Crippen LogP contribution in [0.5, 0.6) is 0 Å². The summed E-state index contributed by atoms with van der Waals surface area (Å²) in [6.45, 7) is 3.58. The maximum Gasteiger partial charge on any atom is 0.204 e. The van der Waals surface area contributed by atoms with E-state index in [2.05, 4.69) is 0 Å². The summed E-state index contributed by atoms with van der Waals surface area (Å²) < 4.78 is 0. The van der Waals surface area contributed by atoms with Gasteiger partial charge in [0.15, 0.2) is 5.78 Å². The highest BCUT2D eigenvalue weighted by Crippen LogP contribution is 2.32. The molecule has 1 aliphatic carbocycles. The first-order valence-electron chi connectivity index (χ1n) is 2.62. The van der Waals surface area contributed by atoms with Crippen molar-refractivity contribution in [3.8, 4) is 0 Å². The molecular formula is C6H8O2. The van der Waals surface area contributed by atoms with Crippen molar-refractivity contribution in [3.05, 3.63) is 0 Å². The molecule has 1 rings (SSSR count). The van der Waals surface area contributed by atoms with Crippen molar-refractivity contribution in [1.29, 1.82) is 0 Å². The molecule has 2 nitrogen and oxygen atoms in total. The molecule has 1 fully saturated rings. The molecule has 0 aromatic rings. The van der Waals surface area contributed by atoms with E-state index in [-0.39, 0.29) is 17.0 Å². The van der Waals surface area contributed by atoms with Crippen molar-refractivity contribution in [2.24, 2.45) is 5.41 Å². The van der Waals surface area contributed by atoms with E-state index in [1.54, 1.807) is 13.8 Å². The fourth-order valence-corrected chi connectivity index (χ4v) is 0.833. The van der Waals surface area contributed by atoms with E-state index < -0.39 is 0 Å². The van der Waals surface area contributed by atoms with Crippen LogP contribution in [0.25, 0.3) is 0 Å². The monoisotopic (exact) mass is 112 g/mol. The Balaban J connectivity index is 2.75. The van der Waals surface area contributed by atoms with Crippen LogP contribution in [0.15, 0.2) is 0 Å². The van der Waals surface area contributed by atoms with E-state index in [4.69, 9.17) is 0 Å². The molecule has 0 spiro atoms. The van der Waals surface area contributed by atoms with Gasteiger partial charge in [-0.2, -0.15) is 0 Å². The van der Waals surface area contributed by atoms with Gasteiger partial charge >= 0.3 is 0 Å². The minimum Gasteiger partial charge on any atom is -0.291 e. The van der Waals surface area contributed by atoms with Crippen LogP contribution in [0.3, 0.4) is 0 Å². The molecule has 0 amide bonds. The van der Waals surface area contributed by atoms with Crippen molar-refractivity contribution in [3.63, 3.8) is 0 Å². The standard InChI is InChI=1S/C6H8O2/c1-6(2)3-4(7)5(6)8/h3H2,1-2H3. The summed E-state index contributed by atoms with van der Waals surface area (Å²) >= 11 is 0. The first-order valence-corrected chi connectivity index (χ1v) is 2.62. The van der Waals surface area contributed by atoms with Crippen molar-refractivity contribution in [1.82, 2.24) is 0 Å². The Morgan fingerprint density at radius 3 is 1.88 bits per heavy atom. The van der Waals surface area contributed by atoms with Crippen LogP contribution in [0, 0.1) is 5.41 Å². The Kier molecular flexibility index (Phi) is 0.813. The molecule has 0 bridgehead atoms. The molecular weight excluding hydrogens is 104 g/mol. The van der Waals surface area contributed by atoms with Crippen LogP contribution in [-0.2, 0) is 9.59 Å². The molecule has 44 valence electrons. The van der Waals surface area contributed by atoms with Crippen molar-refractivity contribution in [2.75, 3.05) is 0 Å². The van der Waals surface area contributed by atoms with Gasteiger partial charge in [-0.05, 0) is 0 Å². The topological polar surface area (TPSA) is 34.1 Å². The smallest absolute Gasteiger partial charge is 0.204 e. The fourth-order valence-electron chi connectivity index (χ4n) is 0.833. The average molecular weight is 112 g/mol. The van der Waals surface area contributed by atoms with Gasteiger partial charge in [0.2, 0.25) is 5.78 Å². The third kappa shape index (κ3) is 0.489. The van der Waals surface area contributed by atoms with E-state index >= 15 is 0 Å². The largest absolute Gasteiger partial charge is 0.291 e. The van der Waals surface area contributed by atoms with Crippen molar-refractivity contribution < 1.29 is 9.59 Å². The minimum atomic E-state index is -0.336. The van der Waals surface area contributed by atoms with Gasteiger partial charge in [0, 0.05) is 11.8 Å². The maximum atomic E-state index is 10.5. The summed E-state index contributed by atoms with van der Waals surface area (Å²) in [5.41, 5.74) is -0.336. The molecule has 0 unspecified atom stereocenters. The van der Waals surface area contributed by atoms with E-state index in [1.165, 1.54) is 0 Å². The highest BCUT2D eigenvalue weighted by Gasteiger charge is 2.44. The lowest BCUT2D eigenvalue weighted by Gasteiger charge is -2.29. The summed E-state index contributed by atoms with van der Waals surface area (Å²) in [5.74, 6) is -0.424. The summed E-state index contributed by atoms with van der Waals surface area (Å²) in [6.07, 6.45) is 0.436. The molecule has 2 heteroatoms. The van der Waals surface area contributed by atoms with Crippen LogP contribution in [-0.4, -0.2) is 11.6 Å². The highest BCUT2D eigenvalue weighted by atomic mass is 16.2. The van der Waals surface area contributed by atoms with Crippen molar-refractivity contribution in [2.45, 2.75) is 20.3 Å². The Morgan fingerprint density at radius 1 is 1.38 bits per heavy atom. The molecule has 0 N–H and O–H groups in total. The zero-order chi connectivity index (χ0) is 6.36. The minimum absolute atomic E-state index is 0.211. The summed E-state index contributed by atoms with van der Waals surface area (Å²) in [5, 5.41) is 0. The molecule has 0 atom stereocenters. The predicted octanol–water partition coefficient (Wildman–Crippen LogP) is 0.554. The number of rotatable bonds is 0. The number of carbonyl (C=O) groups excluding carboxylic acids is 2. The van der Waals surface area contributed by atoms with Gasteiger partial charge in [-0.25, -0.2) is 0 Å². The summed E-state index contributed by atoms with van der Waals surface area (Å²) in [6, 6.07) is 0. The molecule has 8 heavy (non-hydrogen) atoms. The summed E-state index contributed by atoms with van der Waals surface area (Å²) in [7, 11) is 0. The van der Waals surface area contributed by atoms with Gasteiger partial charge in [-0.15, -0.1) is 0 Å². The molecule has 0 radical (unpaired) electrons. The SMILES string of the molecule is CC1(C)CC(=O)C1=O. The fraction of sp³-hybridized carbons (Fsp3) is 0.667. The van der Waals surface area contributed by atoms with Crippen LogP contribution >= 0.6 is 0 Å². The lowest BCUT2D eigenvalue weighted by atomic mass is 9.70. The second kappa shape index (κ2) is 1.19. The third-order valence-electron chi connectivity index (χ3n) is 1.47. The highest BCUT2D eigenvalue weighted by molar-refractivity contribution is 6.45. The van der Waals surface area contributed by atoms with E-state index in [0.29, 0.717) is 6.42 Å². The first kappa shape index (κ1) is 5.48. The molecule has 0 saturated heterocycles. The number of hydrogen-bond donors (Lipinski definition) is 0.